The minimum absolute atomic E-state index is 0.888. The molecule has 0 N–H and O–H groups in total. The molecule has 2 heterocycles. The van der Waals surface area contributed by atoms with E-state index in [2.05, 4.69) is 181 Å². The Hall–Kier alpha value is -7.10. The summed E-state index contributed by atoms with van der Waals surface area (Å²) >= 11 is 0. The largest absolute Gasteiger partial charge is 0.456 e. The summed E-state index contributed by atoms with van der Waals surface area (Å²) in [4.78, 5) is 2.39. The van der Waals surface area contributed by atoms with Gasteiger partial charge in [0.1, 0.15) is 22.3 Å². The van der Waals surface area contributed by atoms with Crippen molar-refractivity contribution in [2.75, 3.05) is 4.90 Å². The Bertz CT molecular complexity index is 3180. The van der Waals surface area contributed by atoms with Gasteiger partial charge < -0.3 is 13.7 Å². The Balaban J connectivity index is 1.12. The third-order valence-corrected chi connectivity index (χ3v) is 10.6. The highest BCUT2D eigenvalue weighted by atomic mass is 16.3. The molecule has 0 atom stereocenters. The summed E-state index contributed by atoms with van der Waals surface area (Å²) in [5.41, 5.74) is 11.2. The summed E-state index contributed by atoms with van der Waals surface area (Å²) in [6.07, 6.45) is 0. The smallest absolute Gasteiger partial charge is 0.143 e. The maximum absolute atomic E-state index is 6.76. The van der Waals surface area contributed by atoms with Crippen LogP contribution in [0.15, 0.2) is 197 Å². The van der Waals surface area contributed by atoms with Crippen molar-refractivity contribution < 1.29 is 8.83 Å². The maximum Gasteiger partial charge on any atom is 0.143 e. The van der Waals surface area contributed by atoms with Gasteiger partial charge in [0.05, 0.1) is 11.4 Å². The number of fused-ring (bicyclic) bond motifs is 8. The molecule has 11 rings (SSSR count). The average molecular weight is 678 g/mol. The number of furan rings is 2. The quantitative estimate of drug-likeness (QED) is 0.182. The predicted molar refractivity (Wildman–Crippen MR) is 222 cm³/mol. The van der Waals surface area contributed by atoms with Crippen LogP contribution in [0.25, 0.3) is 87.7 Å². The summed E-state index contributed by atoms with van der Waals surface area (Å²) < 4.78 is 13.0. The molecule has 248 valence electrons. The van der Waals surface area contributed by atoms with E-state index in [0.29, 0.717) is 0 Å². The van der Waals surface area contributed by atoms with Crippen LogP contribution in [-0.2, 0) is 0 Å². The normalized spacial score (nSPS) is 11.8. The molecule has 0 aliphatic carbocycles. The lowest BCUT2D eigenvalue weighted by Crippen LogP contribution is -2.11. The third kappa shape index (κ3) is 4.68. The van der Waals surface area contributed by atoms with Crippen LogP contribution < -0.4 is 4.90 Å². The number of nitrogens with zero attached hydrogens (tertiary/aromatic N) is 1. The van der Waals surface area contributed by atoms with Crippen LogP contribution in [0.4, 0.5) is 17.1 Å². The topological polar surface area (TPSA) is 29.5 Å². The van der Waals surface area contributed by atoms with Crippen molar-refractivity contribution in [1.82, 2.24) is 0 Å². The SMILES string of the molecule is c1ccc(N(c2ccc(-c3cccc4oc5ccccc5c34)cc2)c2cccc3ccccc23)c(-c2cccc3c2oc2cc4ccccc4cc23)c1. The van der Waals surface area contributed by atoms with E-state index in [1.54, 1.807) is 0 Å². The van der Waals surface area contributed by atoms with E-state index in [-0.39, 0.29) is 0 Å². The van der Waals surface area contributed by atoms with E-state index in [0.717, 1.165) is 83.2 Å². The molecule has 0 unspecified atom stereocenters. The second-order valence-corrected chi connectivity index (χ2v) is 13.7. The molecule has 0 spiro atoms. The standard InChI is InChI=1S/C50H31NO2/c1-2-14-35-31-48-43(30-34(35)13-1)41-21-10-20-40(50(41)53-48)39-17-5-7-22-45(39)51(44-23-9-15-32-12-3-4-16-37(32)44)36-28-26-33(27-29-36)38-19-11-25-47-49(38)42-18-6-8-24-46(42)52-47/h1-31H. The van der Waals surface area contributed by atoms with Crippen molar-refractivity contribution in [1.29, 1.82) is 0 Å². The van der Waals surface area contributed by atoms with Gasteiger partial charge in [-0.3, -0.25) is 0 Å². The highest BCUT2D eigenvalue weighted by Crippen LogP contribution is 2.47. The van der Waals surface area contributed by atoms with Crippen LogP contribution >= 0.6 is 0 Å². The molecule has 0 aliphatic heterocycles. The van der Waals surface area contributed by atoms with Gasteiger partial charge in [-0.15, -0.1) is 0 Å². The van der Waals surface area contributed by atoms with Crippen molar-refractivity contribution in [3.8, 4) is 22.3 Å². The first-order valence-electron chi connectivity index (χ1n) is 18.0. The zero-order valence-electron chi connectivity index (χ0n) is 28.7. The highest BCUT2D eigenvalue weighted by molar-refractivity contribution is 6.15. The molecule has 11 aromatic rings. The minimum atomic E-state index is 0.888. The van der Waals surface area contributed by atoms with E-state index in [1.807, 2.05) is 12.1 Å². The second-order valence-electron chi connectivity index (χ2n) is 13.7. The molecule has 0 saturated heterocycles. The Morgan fingerprint density at radius 2 is 0.943 bits per heavy atom. The van der Waals surface area contributed by atoms with E-state index in [4.69, 9.17) is 8.83 Å². The predicted octanol–water partition coefficient (Wildman–Crippen LogP) is 14.6. The van der Waals surface area contributed by atoms with Crippen molar-refractivity contribution in [3.05, 3.63) is 188 Å². The van der Waals surface area contributed by atoms with Crippen LogP contribution in [0, 0.1) is 0 Å². The summed E-state index contributed by atoms with van der Waals surface area (Å²) in [6.45, 7) is 0. The summed E-state index contributed by atoms with van der Waals surface area (Å²) in [5, 5.41) is 9.24. The molecule has 3 nitrogen and oxygen atoms in total. The van der Waals surface area contributed by atoms with Gasteiger partial charge >= 0.3 is 0 Å². The molecule has 0 amide bonds. The zero-order chi connectivity index (χ0) is 34.9. The van der Waals surface area contributed by atoms with Crippen LogP contribution in [0.2, 0.25) is 0 Å². The summed E-state index contributed by atoms with van der Waals surface area (Å²) in [7, 11) is 0. The first-order chi connectivity index (χ1) is 26.3. The molecule has 2 aromatic heterocycles. The molecule has 53 heavy (non-hydrogen) atoms. The number of hydrogen-bond donors (Lipinski definition) is 0. The minimum Gasteiger partial charge on any atom is -0.456 e. The van der Waals surface area contributed by atoms with E-state index in [1.165, 1.54) is 21.5 Å². The van der Waals surface area contributed by atoms with Crippen LogP contribution in [0.1, 0.15) is 0 Å². The molecule has 3 heteroatoms. The fourth-order valence-electron chi connectivity index (χ4n) is 8.21. The van der Waals surface area contributed by atoms with Crippen molar-refractivity contribution >= 4 is 82.5 Å². The lowest BCUT2D eigenvalue weighted by atomic mass is 9.97. The van der Waals surface area contributed by atoms with Gasteiger partial charge in [-0.05, 0) is 75.8 Å². The zero-order valence-corrected chi connectivity index (χ0v) is 28.7. The maximum atomic E-state index is 6.76. The number of anilines is 3. The molecule has 0 fully saturated rings. The Kier molecular flexibility index (Phi) is 6.55. The number of para-hydroxylation sites is 3. The molecular weight excluding hydrogens is 647 g/mol. The van der Waals surface area contributed by atoms with E-state index in [9.17, 15) is 0 Å². The highest BCUT2D eigenvalue weighted by Gasteiger charge is 2.22. The van der Waals surface area contributed by atoms with E-state index < -0.39 is 0 Å². The lowest BCUT2D eigenvalue weighted by Gasteiger charge is -2.29. The van der Waals surface area contributed by atoms with Gasteiger partial charge in [-0.1, -0.05) is 140 Å². The first-order valence-corrected chi connectivity index (χ1v) is 18.0. The summed E-state index contributed by atoms with van der Waals surface area (Å²) in [5.74, 6) is 0. The molecule has 9 aromatic carbocycles. The fraction of sp³-hybridized carbons (Fsp3) is 0. The van der Waals surface area contributed by atoms with Crippen LogP contribution in [0.5, 0.6) is 0 Å². The van der Waals surface area contributed by atoms with Crippen molar-refractivity contribution in [3.63, 3.8) is 0 Å². The Labute approximate surface area is 305 Å². The number of benzene rings is 9. The van der Waals surface area contributed by atoms with Gasteiger partial charge in [-0.2, -0.15) is 0 Å². The van der Waals surface area contributed by atoms with Gasteiger partial charge in [0.2, 0.25) is 0 Å². The molecule has 0 aliphatic rings. The number of rotatable bonds is 5. The van der Waals surface area contributed by atoms with Crippen LogP contribution in [-0.4, -0.2) is 0 Å². The Morgan fingerprint density at radius 1 is 0.340 bits per heavy atom. The molecular formula is C50H31NO2. The lowest BCUT2D eigenvalue weighted by molar-refractivity contribution is 0.669. The summed E-state index contributed by atoms with van der Waals surface area (Å²) in [6, 6.07) is 66.8. The molecule has 0 radical (unpaired) electrons. The van der Waals surface area contributed by atoms with E-state index >= 15 is 0 Å². The number of hydrogen-bond acceptors (Lipinski definition) is 3. The van der Waals surface area contributed by atoms with Gasteiger partial charge in [0.25, 0.3) is 0 Å². The van der Waals surface area contributed by atoms with Crippen molar-refractivity contribution in [2.45, 2.75) is 0 Å². The average Bonchev–Trinajstić information content (AvgIpc) is 3.79. The van der Waals surface area contributed by atoms with Crippen LogP contribution in [0.3, 0.4) is 0 Å². The van der Waals surface area contributed by atoms with Gasteiger partial charge in [0, 0.05) is 43.7 Å². The van der Waals surface area contributed by atoms with Crippen molar-refractivity contribution in [2.24, 2.45) is 0 Å². The fourth-order valence-corrected chi connectivity index (χ4v) is 8.21. The monoisotopic (exact) mass is 677 g/mol. The van der Waals surface area contributed by atoms with Gasteiger partial charge in [0.15, 0.2) is 0 Å². The van der Waals surface area contributed by atoms with Gasteiger partial charge in [-0.25, -0.2) is 0 Å². The first kappa shape index (κ1) is 29.6. The molecule has 0 bridgehead atoms. The second kappa shape index (κ2) is 11.7. The molecule has 0 saturated carbocycles. The Morgan fingerprint density at radius 3 is 1.83 bits per heavy atom. The third-order valence-electron chi connectivity index (χ3n) is 10.6.